The van der Waals surface area contributed by atoms with Crippen LogP contribution in [0.1, 0.15) is 11.1 Å². The SMILES string of the molecule is C=C(C(C#N)=Cc1ccc(OC)cc1)N(Cc1ccc(Cl)cc1Cl)c1ccccc1N. The number of nitrogens with zero attached hydrogens (tertiary/aromatic N) is 2. The van der Waals surface area contributed by atoms with Crippen molar-refractivity contribution < 1.29 is 4.74 Å². The summed E-state index contributed by atoms with van der Waals surface area (Å²) in [6, 6.07) is 22.4. The summed E-state index contributed by atoms with van der Waals surface area (Å²) in [6.45, 7) is 4.57. The van der Waals surface area contributed by atoms with E-state index < -0.39 is 0 Å². The zero-order valence-corrected chi connectivity index (χ0v) is 18.5. The van der Waals surface area contributed by atoms with Crippen molar-refractivity contribution >= 4 is 40.7 Å². The summed E-state index contributed by atoms with van der Waals surface area (Å²) in [5.41, 5.74) is 10.1. The fourth-order valence-corrected chi connectivity index (χ4v) is 3.54. The molecule has 0 amide bonds. The molecule has 0 aliphatic carbocycles. The van der Waals surface area contributed by atoms with Crippen molar-refractivity contribution in [1.82, 2.24) is 0 Å². The molecule has 0 radical (unpaired) electrons. The number of para-hydroxylation sites is 2. The van der Waals surface area contributed by atoms with Gasteiger partial charge < -0.3 is 15.4 Å². The van der Waals surface area contributed by atoms with E-state index in [4.69, 9.17) is 33.7 Å². The summed E-state index contributed by atoms with van der Waals surface area (Å²) < 4.78 is 5.20. The van der Waals surface area contributed by atoms with E-state index in [1.165, 1.54) is 0 Å². The molecule has 0 aliphatic heterocycles. The summed E-state index contributed by atoms with van der Waals surface area (Å²) in [5.74, 6) is 0.741. The highest BCUT2D eigenvalue weighted by molar-refractivity contribution is 6.35. The maximum atomic E-state index is 9.88. The zero-order chi connectivity index (χ0) is 22.4. The monoisotopic (exact) mass is 449 g/mol. The molecule has 0 spiro atoms. The molecule has 0 saturated carbocycles. The molecule has 0 atom stereocenters. The number of anilines is 2. The molecular formula is C25H21Cl2N3O. The van der Waals surface area contributed by atoms with Crippen molar-refractivity contribution in [3.8, 4) is 11.8 Å². The third-order valence-electron chi connectivity index (χ3n) is 4.76. The lowest BCUT2D eigenvalue weighted by Gasteiger charge is -2.28. The normalized spacial score (nSPS) is 11.0. The highest BCUT2D eigenvalue weighted by Gasteiger charge is 2.18. The second-order valence-electron chi connectivity index (χ2n) is 6.77. The van der Waals surface area contributed by atoms with Crippen LogP contribution in [0.2, 0.25) is 10.0 Å². The minimum atomic E-state index is 0.366. The predicted molar refractivity (Wildman–Crippen MR) is 129 cm³/mol. The number of ether oxygens (including phenoxy) is 1. The van der Waals surface area contributed by atoms with Crippen molar-refractivity contribution in [2.24, 2.45) is 0 Å². The topological polar surface area (TPSA) is 62.3 Å². The Bertz CT molecular complexity index is 1160. The van der Waals surface area contributed by atoms with Gasteiger partial charge in [0.1, 0.15) is 11.8 Å². The lowest BCUT2D eigenvalue weighted by atomic mass is 10.1. The molecule has 6 heteroatoms. The smallest absolute Gasteiger partial charge is 0.118 e. The van der Waals surface area contributed by atoms with E-state index in [0.29, 0.717) is 33.5 Å². The van der Waals surface area contributed by atoms with Crippen LogP contribution in [0, 0.1) is 11.3 Å². The number of nitrogens with two attached hydrogens (primary N) is 1. The molecule has 0 bridgehead atoms. The Morgan fingerprint density at radius 1 is 1.13 bits per heavy atom. The van der Waals surface area contributed by atoms with Crippen LogP contribution in [0.15, 0.2) is 84.6 Å². The highest BCUT2D eigenvalue weighted by atomic mass is 35.5. The molecule has 0 unspecified atom stereocenters. The molecule has 0 fully saturated rings. The van der Waals surface area contributed by atoms with Gasteiger partial charge in [0.05, 0.1) is 29.8 Å². The first kappa shape index (κ1) is 22.3. The van der Waals surface area contributed by atoms with Gasteiger partial charge in [-0.1, -0.05) is 60.1 Å². The lowest BCUT2D eigenvalue weighted by molar-refractivity contribution is 0.415. The molecule has 31 heavy (non-hydrogen) atoms. The average molecular weight is 450 g/mol. The average Bonchev–Trinajstić information content (AvgIpc) is 2.77. The predicted octanol–water partition coefficient (Wildman–Crippen LogP) is 6.71. The Morgan fingerprint density at radius 2 is 1.84 bits per heavy atom. The molecule has 156 valence electrons. The molecule has 2 N–H and O–H groups in total. The van der Waals surface area contributed by atoms with Gasteiger partial charge >= 0.3 is 0 Å². The van der Waals surface area contributed by atoms with Gasteiger partial charge in [-0.15, -0.1) is 0 Å². The van der Waals surface area contributed by atoms with Crippen molar-refractivity contribution in [3.63, 3.8) is 0 Å². The largest absolute Gasteiger partial charge is 0.497 e. The molecule has 4 nitrogen and oxygen atoms in total. The quantitative estimate of drug-likeness (QED) is 0.247. The molecular weight excluding hydrogens is 429 g/mol. The van der Waals surface area contributed by atoms with Crippen LogP contribution in [-0.2, 0) is 6.54 Å². The summed E-state index contributed by atoms with van der Waals surface area (Å²) in [6.07, 6.45) is 1.78. The first-order valence-corrected chi connectivity index (χ1v) is 10.2. The van der Waals surface area contributed by atoms with Crippen LogP contribution >= 0.6 is 23.2 Å². The molecule has 0 heterocycles. The van der Waals surface area contributed by atoms with Gasteiger partial charge in [0.15, 0.2) is 0 Å². The van der Waals surface area contributed by atoms with E-state index in [9.17, 15) is 5.26 Å². The maximum absolute atomic E-state index is 9.88. The third kappa shape index (κ3) is 5.40. The number of hydrogen-bond acceptors (Lipinski definition) is 4. The van der Waals surface area contributed by atoms with E-state index in [0.717, 1.165) is 22.6 Å². The van der Waals surface area contributed by atoms with Gasteiger partial charge in [0, 0.05) is 16.6 Å². The molecule has 3 aromatic carbocycles. The highest BCUT2D eigenvalue weighted by Crippen LogP contribution is 2.32. The fourth-order valence-electron chi connectivity index (χ4n) is 3.07. The van der Waals surface area contributed by atoms with Gasteiger partial charge in [0.25, 0.3) is 0 Å². The van der Waals surface area contributed by atoms with E-state index in [1.807, 2.05) is 53.4 Å². The van der Waals surface area contributed by atoms with Crippen LogP contribution in [0.3, 0.4) is 0 Å². The van der Waals surface area contributed by atoms with Crippen molar-refractivity contribution in [2.75, 3.05) is 17.7 Å². The Kier molecular flexibility index (Phi) is 7.25. The van der Waals surface area contributed by atoms with Crippen molar-refractivity contribution in [1.29, 1.82) is 5.26 Å². The Hall–Kier alpha value is -3.39. The zero-order valence-electron chi connectivity index (χ0n) is 17.0. The number of allylic oxidation sites excluding steroid dienone is 1. The van der Waals surface area contributed by atoms with Gasteiger partial charge in [0.2, 0.25) is 0 Å². The number of rotatable bonds is 7. The first-order chi connectivity index (χ1) is 14.9. The molecule has 0 aromatic heterocycles. The minimum absolute atomic E-state index is 0.366. The van der Waals surface area contributed by atoms with Crippen LogP contribution < -0.4 is 15.4 Å². The van der Waals surface area contributed by atoms with Crippen LogP contribution in [-0.4, -0.2) is 7.11 Å². The molecule has 0 aliphatic rings. The number of nitriles is 1. The van der Waals surface area contributed by atoms with Gasteiger partial charge in [-0.25, -0.2) is 0 Å². The molecule has 3 rings (SSSR count). The summed E-state index contributed by atoms with van der Waals surface area (Å²) in [4.78, 5) is 1.88. The van der Waals surface area contributed by atoms with Crippen molar-refractivity contribution in [3.05, 3.63) is 106 Å². The second-order valence-corrected chi connectivity index (χ2v) is 7.61. The Morgan fingerprint density at radius 3 is 2.45 bits per heavy atom. The third-order valence-corrected chi connectivity index (χ3v) is 5.34. The number of benzene rings is 3. The molecule has 0 saturated heterocycles. The van der Waals surface area contributed by atoms with E-state index in [1.54, 1.807) is 31.4 Å². The summed E-state index contributed by atoms with van der Waals surface area (Å²) >= 11 is 12.5. The van der Waals surface area contributed by atoms with Crippen LogP contribution in [0.25, 0.3) is 6.08 Å². The van der Waals surface area contributed by atoms with Crippen LogP contribution in [0.4, 0.5) is 11.4 Å². The summed E-state index contributed by atoms with van der Waals surface area (Å²) in [7, 11) is 1.61. The van der Waals surface area contributed by atoms with E-state index in [2.05, 4.69) is 12.6 Å². The van der Waals surface area contributed by atoms with Gasteiger partial charge in [-0.2, -0.15) is 5.26 Å². The number of nitrogen functional groups attached to an aromatic ring is 1. The maximum Gasteiger partial charge on any atom is 0.118 e. The fraction of sp³-hybridized carbons (Fsp3) is 0.0800. The Balaban J connectivity index is 2.02. The van der Waals surface area contributed by atoms with Gasteiger partial charge in [-0.3, -0.25) is 0 Å². The number of methoxy groups -OCH3 is 1. The Labute approximate surface area is 192 Å². The summed E-state index contributed by atoms with van der Waals surface area (Å²) in [5, 5.41) is 11.0. The standard InChI is InChI=1S/C25H21Cl2N3O/c1-17(20(15-28)13-18-7-11-22(31-2)12-8-18)30(25-6-4-3-5-24(25)29)16-19-9-10-21(26)14-23(19)27/h3-14H,1,16,29H2,2H3. The number of halogens is 2. The van der Waals surface area contributed by atoms with Crippen molar-refractivity contribution in [2.45, 2.75) is 6.54 Å². The lowest BCUT2D eigenvalue weighted by Crippen LogP contribution is -2.23. The van der Waals surface area contributed by atoms with Crippen LogP contribution in [0.5, 0.6) is 5.75 Å². The number of hydrogen-bond donors (Lipinski definition) is 1. The molecule has 3 aromatic rings. The minimum Gasteiger partial charge on any atom is -0.497 e. The first-order valence-electron chi connectivity index (χ1n) is 9.44. The van der Waals surface area contributed by atoms with E-state index in [-0.39, 0.29) is 0 Å². The van der Waals surface area contributed by atoms with E-state index >= 15 is 0 Å². The van der Waals surface area contributed by atoms with Gasteiger partial charge in [-0.05, 0) is 53.6 Å². The second kappa shape index (κ2) is 10.1.